The summed E-state index contributed by atoms with van der Waals surface area (Å²) in [6.45, 7) is 4.82. The van der Waals surface area contributed by atoms with Crippen molar-refractivity contribution in [1.82, 2.24) is 0 Å². The highest BCUT2D eigenvalue weighted by Gasteiger charge is 2.31. The molecule has 0 saturated carbocycles. The van der Waals surface area contributed by atoms with E-state index in [2.05, 4.69) is 25.2 Å². The number of carbonyl (C=O) groups excluding carboxylic acids is 1. The van der Waals surface area contributed by atoms with Gasteiger partial charge in [-0.15, -0.1) is 0 Å². The van der Waals surface area contributed by atoms with Crippen molar-refractivity contribution >= 4 is 11.6 Å². The van der Waals surface area contributed by atoms with Gasteiger partial charge in [-0.05, 0) is 30.0 Å². The predicted molar refractivity (Wildman–Crippen MR) is 65.6 cm³/mol. The van der Waals surface area contributed by atoms with Gasteiger partial charge in [0.15, 0.2) is 0 Å². The quantitative estimate of drug-likeness (QED) is 0.817. The molecule has 3 N–H and O–H groups in total. The number of fused-ring (bicyclic) bond motifs is 1. The summed E-state index contributed by atoms with van der Waals surface area (Å²) in [5.74, 6) is 0.458. The lowest BCUT2D eigenvalue weighted by Crippen LogP contribution is -2.15. The Kier molecular flexibility index (Phi) is 2.97. The van der Waals surface area contributed by atoms with Crippen LogP contribution in [0.3, 0.4) is 0 Å². The minimum absolute atomic E-state index is 0.0568. The first-order valence-electron chi connectivity index (χ1n) is 5.79. The molecule has 0 radical (unpaired) electrons. The summed E-state index contributed by atoms with van der Waals surface area (Å²) in [6.07, 6.45) is 0.723. The highest BCUT2D eigenvalue weighted by atomic mass is 16.2. The Morgan fingerprint density at radius 1 is 1.44 bits per heavy atom. The van der Waals surface area contributed by atoms with Crippen LogP contribution in [0.2, 0.25) is 0 Å². The monoisotopic (exact) mass is 218 g/mol. The standard InChI is InChI=1S/C13H18N2O/c1-8(2)9-4-3-5-10-11(6-7-14)13(16)15-12(9)10/h3-5,8,11H,6-7,14H2,1-2H3,(H,15,16). The van der Waals surface area contributed by atoms with E-state index >= 15 is 0 Å². The molecule has 0 aromatic heterocycles. The van der Waals surface area contributed by atoms with Gasteiger partial charge < -0.3 is 11.1 Å². The number of para-hydroxylation sites is 1. The molecule has 16 heavy (non-hydrogen) atoms. The Bertz CT molecular complexity index is 412. The maximum absolute atomic E-state index is 11.8. The number of amides is 1. The van der Waals surface area contributed by atoms with E-state index in [9.17, 15) is 4.79 Å². The van der Waals surface area contributed by atoms with Crippen molar-refractivity contribution in [2.75, 3.05) is 11.9 Å². The lowest BCUT2D eigenvalue weighted by Gasteiger charge is -2.11. The fourth-order valence-corrected chi connectivity index (χ4v) is 2.31. The first-order valence-corrected chi connectivity index (χ1v) is 5.79. The Labute approximate surface area is 96.0 Å². The normalized spacial score (nSPS) is 18.8. The second-order valence-electron chi connectivity index (χ2n) is 4.59. The summed E-state index contributed by atoms with van der Waals surface area (Å²) in [6, 6.07) is 6.13. The summed E-state index contributed by atoms with van der Waals surface area (Å²) in [5, 5.41) is 2.99. The second kappa shape index (κ2) is 4.26. The SMILES string of the molecule is CC(C)c1cccc2c1NC(=O)C2CCN. The first kappa shape index (κ1) is 11.1. The number of nitrogens with one attached hydrogen (secondary N) is 1. The zero-order valence-electron chi connectivity index (χ0n) is 9.79. The highest BCUT2D eigenvalue weighted by molar-refractivity contribution is 6.03. The van der Waals surface area contributed by atoms with Crippen molar-refractivity contribution in [2.45, 2.75) is 32.1 Å². The molecule has 3 nitrogen and oxygen atoms in total. The molecule has 1 atom stereocenters. The second-order valence-corrected chi connectivity index (χ2v) is 4.59. The van der Waals surface area contributed by atoms with Gasteiger partial charge in [0.25, 0.3) is 0 Å². The smallest absolute Gasteiger partial charge is 0.232 e. The van der Waals surface area contributed by atoms with Crippen LogP contribution in [0, 0.1) is 0 Å². The lowest BCUT2D eigenvalue weighted by atomic mass is 9.92. The molecule has 0 aliphatic carbocycles. The fourth-order valence-electron chi connectivity index (χ4n) is 2.31. The molecule has 1 aromatic rings. The zero-order valence-corrected chi connectivity index (χ0v) is 9.79. The summed E-state index contributed by atoms with van der Waals surface area (Å²) in [7, 11) is 0. The molecule has 0 spiro atoms. The fraction of sp³-hybridized carbons (Fsp3) is 0.462. The van der Waals surface area contributed by atoms with Gasteiger partial charge in [-0.3, -0.25) is 4.79 Å². The van der Waals surface area contributed by atoms with Crippen LogP contribution in [0.15, 0.2) is 18.2 Å². The van der Waals surface area contributed by atoms with Crippen LogP contribution in [-0.2, 0) is 4.79 Å². The van der Waals surface area contributed by atoms with Gasteiger partial charge in [-0.2, -0.15) is 0 Å². The minimum Gasteiger partial charge on any atom is -0.330 e. The molecule has 0 bridgehead atoms. The van der Waals surface area contributed by atoms with E-state index in [1.165, 1.54) is 5.56 Å². The van der Waals surface area contributed by atoms with E-state index in [-0.39, 0.29) is 11.8 Å². The number of hydrogen-bond donors (Lipinski definition) is 2. The van der Waals surface area contributed by atoms with Crippen LogP contribution in [-0.4, -0.2) is 12.5 Å². The minimum atomic E-state index is -0.0568. The molecule has 86 valence electrons. The Morgan fingerprint density at radius 3 is 2.81 bits per heavy atom. The number of carbonyl (C=O) groups is 1. The molecule has 3 heteroatoms. The van der Waals surface area contributed by atoms with Gasteiger partial charge in [0.05, 0.1) is 5.92 Å². The maximum Gasteiger partial charge on any atom is 0.232 e. The molecule has 0 fully saturated rings. The Hall–Kier alpha value is -1.35. The number of rotatable bonds is 3. The predicted octanol–water partition coefficient (Wildman–Crippen LogP) is 2.19. The van der Waals surface area contributed by atoms with Crippen molar-refractivity contribution in [2.24, 2.45) is 5.73 Å². The van der Waals surface area contributed by atoms with E-state index in [0.29, 0.717) is 12.5 Å². The van der Waals surface area contributed by atoms with Gasteiger partial charge in [0, 0.05) is 5.69 Å². The van der Waals surface area contributed by atoms with Crippen LogP contribution in [0.4, 0.5) is 5.69 Å². The van der Waals surface area contributed by atoms with Crippen molar-refractivity contribution in [3.05, 3.63) is 29.3 Å². The summed E-state index contributed by atoms with van der Waals surface area (Å²) in [5.41, 5.74) is 8.89. The average molecular weight is 218 g/mol. The average Bonchev–Trinajstić information content (AvgIpc) is 2.56. The van der Waals surface area contributed by atoms with Crippen molar-refractivity contribution < 1.29 is 4.79 Å². The topological polar surface area (TPSA) is 55.1 Å². The summed E-state index contributed by atoms with van der Waals surface area (Å²) >= 11 is 0. The zero-order chi connectivity index (χ0) is 11.7. The van der Waals surface area contributed by atoms with Gasteiger partial charge in [-0.25, -0.2) is 0 Å². The molecule has 1 aliphatic heterocycles. The van der Waals surface area contributed by atoms with Crippen LogP contribution in [0.25, 0.3) is 0 Å². The maximum atomic E-state index is 11.8. The summed E-state index contributed by atoms with van der Waals surface area (Å²) < 4.78 is 0. The van der Waals surface area contributed by atoms with E-state index in [4.69, 9.17) is 5.73 Å². The van der Waals surface area contributed by atoms with E-state index in [1.807, 2.05) is 12.1 Å². The van der Waals surface area contributed by atoms with E-state index in [0.717, 1.165) is 17.7 Å². The highest BCUT2D eigenvalue weighted by Crippen LogP contribution is 2.39. The number of anilines is 1. The Morgan fingerprint density at radius 2 is 2.19 bits per heavy atom. The number of hydrogen-bond acceptors (Lipinski definition) is 2. The van der Waals surface area contributed by atoms with Gasteiger partial charge >= 0.3 is 0 Å². The molecule has 2 rings (SSSR count). The molecule has 1 amide bonds. The third-order valence-electron chi connectivity index (χ3n) is 3.15. The van der Waals surface area contributed by atoms with Gasteiger partial charge in [-0.1, -0.05) is 32.0 Å². The molecular weight excluding hydrogens is 200 g/mol. The van der Waals surface area contributed by atoms with Gasteiger partial charge in [0.1, 0.15) is 0 Å². The Balaban J connectivity index is 2.44. The molecular formula is C13H18N2O. The molecule has 0 saturated heterocycles. The number of nitrogens with two attached hydrogens (primary N) is 1. The third-order valence-corrected chi connectivity index (χ3v) is 3.15. The van der Waals surface area contributed by atoms with Crippen molar-refractivity contribution in [3.63, 3.8) is 0 Å². The molecule has 1 heterocycles. The largest absolute Gasteiger partial charge is 0.330 e. The van der Waals surface area contributed by atoms with Crippen LogP contribution in [0.1, 0.15) is 43.2 Å². The summed E-state index contributed by atoms with van der Waals surface area (Å²) in [4.78, 5) is 11.8. The lowest BCUT2D eigenvalue weighted by molar-refractivity contribution is -0.117. The van der Waals surface area contributed by atoms with Crippen LogP contribution < -0.4 is 11.1 Å². The first-order chi connectivity index (χ1) is 7.65. The van der Waals surface area contributed by atoms with Crippen molar-refractivity contribution in [1.29, 1.82) is 0 Å². The van der Waals surface area contributed by atoms with E-state index in [1.54, 1.807) is 0 Å². The number of benzene rings is 1. The molecule has 1 aromatic carbocycles. The van der Waals surface area contributed by atoms with Gasteiger partial charge in [0.2, 0.25) is 5.91 Å². The van der Waals surface area contributed by atoms with Crippen molar-refractivity contribution in [3.8, 4) is 0 Å². The van der Waals surface area contributed by atoms with Crippen LogP contribution in [0.5, 0.6) is 0 Å². The third kappa shape index (κ3) is 1.71. The molecule has 1 unspecified atom stereocenters. The molecule has 1 aliphatic rings. The van der Waals surface area contributed by atoms with Crippen LogP contribution >= 0.6 is 0 Å². The van der Waals surface area contributed by atoms with E-state index < -0.39 is 0 Å².